The van der Waals surface area contributed by atoms with Crippen LogP contribution in [0, 0.1) is 12.0 Å². The third kappa shape index (κ3) is 6.89. The molecular formula is C9H15OY-. The van der Waals surface area contributed by atoms with E-state index < -0.39 is 0 Å². The molecular weight excluding hydrogens is 213 g/mol. The van der Waals surface area contributed by atoms with Gasteiger partial charge in [0.05, 0.1) is 0 Å². The quantitative estimate of drug-likeness (QED) is 0.521. The Morgan fingerprint density at radius 3 is 2.18 bits per heavy atom. The van der Waals surface area contributed by atoms with Crippen LogP contribution < -0.4 is 0 Å². The maximum Gasteiger partial charge on any atom is 0 e. The zero-order valence-electron chi connectivity index (χ0n) is 7.39. The summed E-state index contributed by atoms with van der Waals surface area (Å²) in [6, 6.07) is 0. The summed E-state index contributed by atoms with van der Waals surface area (Å²) in [5.74, 6) is 0.579. The van der Waals surface area contributed by atoms with Crippen molar-refractivity contribution in [3.05, 3.63) is 12.7 Å². The van der Waals surface area contributed by atoms with Gasteiger partial charge in [0.2, 0.25) is 0 Å². The van der Waals surface area contributed by atoms with Gasteiger partial charge in [0, 0.05) is 32.7 Å². The number of ketones is 1. The molecule has 0 aromatic rings. The predicted molar refractivity (Wildman–Crippen MR) is 42.6 cm³/mol. The topological polar surface area (TPSA) is 17.1 Å². The van der Waals surface area contributed by atoms with Crippen molar-refractivity contribution in [2.75, 3.05) is 0 Å². The van der Waals surface area contributed by atoms with Crippen molar-refractivity contribution in [3.8, 4) is 0 Å². The third-order valence-corrected chi connectivity index (χ3v) is 1.83. The molecule has 0 saturated heterocycles. The number of carbonyl (C=O) groups is 1. The van der Waals surface area contributed by atoms with Crippen molar-refractivity contribution in [1.29, 1.82) is 0 Å². The van der Waals surface area contributed by atoms with E-state index >= 15 is 0 Å². The van der Waals surface area contributed by atoms with Crippen LogP contribution in [0.5, 0.6) is 0 Å². The second-order valence-corrected chi connectivity index (χ2v) is 2.49. The van der Waals surface area contributed by atoms with E-state index in [1.807, 2.05) is 0 Å². The normalized spacial score (nSPS) is 9.00. The first-order valence-corrected chi connectivity index (χ1v) is 3.80. The number of Topliss-reactive ketones (excluding diaryl/α,β-unsaturated/α-hetero) is 1. The fraction of sp³-hybridized carbons (Fsp3) is 0.667. The minimum absolute atomic E-state index is 0. The molecule has 0 N–H and O–H groups in total. The maximum absolute atomic E-state index is 10.8. The van der Waals surface area contributed by atoms with Crippen LogP contribution in [0.25, 0.3) is 0 Å². The number of carbonyl (C=O) groups excluding carboxylic acids is 1. The molecule has 0 fully saturated rings. The van der Waals surface area contributed by atoms with Crippen molar-refractivity contribution < 1.29 is 37.5 Å². The van der Waals surface area contributed by atoms with Gasteiger partial charge in [0.1, 0.15) is 0 Å². The minimum atomic E-state index is 0. The van der Waals surface area contributed by atoms with Gasteiger partial charge in [0.15, 0.2) is 0 Å². The molecule has 1 nitrogen and oxygen atoms in total. The Morgan fingerprint density at radius 2 is 1.91 bits per heavy atom. The number of hydrogen-bond donors (Lipinski definition) is 0. The molecule has 0 spiro atoms. The summed E-state index contributed by atoms with van der Waals surface area (Å²) >= 11 is 0. The summed E-state index contributed by atoms with van der Waals surface area (Å²) in [5.41, 5.74) is 0. The maximum atomic E-state index is 10.8. The number of hydrogen-bond acceptors (Lipinski definition) is 1. The molecule has 0 aliphatic carbocycles. The van der Waals surface area contributed by atoms with Crippen molar-refractivity contribution in [1.82, 2.24) is 0 Å². The summed E-state index contributed by atoms with van der Waals surface area (Å²) in [6.07, 6.45) is 5.14. The van der Waals surface area contributed by atoms with Crippen LogP contribution in [0.1, 0.15) is 33.1 Å². The van der Waals surface area contributed by atoms with Gasteiger partial charge in [-0.25, -0.2) is 0 Å². The summed E-state index contributed by atoms with van der Waals surface area (Å²) in [4.78, 5) is 10.8. The van der Waals surface area contributed by atoms with Crippen LogP contribution in [0.4, 0.5) is 0 Å². The molecule has 0 rings (SSSR count). The van der Waals surface area contributed by atoms with E-state index in [4.69, 9.17) is 0 Å². The van der Waals surface area contributed by atoms with Gasteiger partial charge >= 0.3 is 0 Å². The Kier molecular flexibility index (Phi) is 11.0. The first-order valence-electron chi connectivity index (χ1n) is 3.80. The van der Waals surface area contributed by atoms with Crippen LogP contribution in [0.2, 0.25) is 0 Å². The van der Waals surface area contributed by atoms with Gasteiger partial charge in [-0.15, -0.1) is 0 Å². The largest absolute Gasteiger partial charge is 0.434 e. The fourth-order valence-corrected chi connectivity index (χ4v) is 0.912. The van der Waals surface area contributed by atoms with Crippen LogP contribution in [0.3, 0.4) is 0 Å². The van der Waals surface area contributed by atoms with E-state index in [9.17, 15) is 4.79 Å². The Labute approximate surface area is 94.5 Å². The predicted octanol–water partition coefficient (Wildman–Crippen LogP) is 2.37. The second-order valence-electron chi connectivity index (χ2n) is 2.49. The molecule has 0 atom stereocenters. The monoisotopic (exact) mass is 228 g/mol. The van der Waals surface area contributed by atoms with Gasteiger partial charge in [-0.2, -0.15) is 0 Å². The van der Waals surface area contributed by atoms with E-state index in [0.29, 0.717) is 12.3 Å². The molecule has 0 aromatic heterocycles. The molecule has 11 heavy (non-hydrogen) atoms. The second kappa shape index (κ2) is 8.61. The molecule has 1 radical (unpaired) electrons. The molecule has 0 unspecified atom stereocenters. The molecule has 61 valence electrons. The molecule has 0 amide bonds. The van der Waals surface area contributed by atoms with E-state index in [0.717, 1.165) is 12.8 Å². The smallest absolute Gasteiger partial charge is 0 e. The average Bonchev–Trinajstić information content (AvgIpc) is 1.99. The van der Waals surface area contributed by atoms with Gasteiger partial charge in [-0.1, -0.05) is 26.7 Å². The summed E-state index contributed by atoms with van der Waals surface area (Å²) in [6.45, 7) is 7.51. The average molecular weight is 228 g/mol. The Balaban J connectivity index is 0. The van der Waals surface area contributed by atoms with Crippen molar-refractivity contribution in [2.24, 2.45) is 5.92 Å². The van der Waals surface area contributed by atoms with Gasteiger partial charge in [-0.05, 0) is 18.1 Å². The van der Waals surface area contributed by atoms with E-state index in [1.54, 1.807) is 0 Å². The van der Waals surface area contributed by atoms with Crippen molar-refractivity contribution >= 4 is 5.78 Å². The number of rotatable bonds is 5. The molecule has 0 heterocycles. The zero-order valence-corrected chi connectivity index (χ0v) is 10.2. The van der Waals surface area contributed by atoms with Crippen LogP contribution in [0.15, 0.2) is 6.58 Å². The van der Waals surface area contributed by atoms with Crippen LogP contribution >= 0.6 is 0 Å². The van der Waals surface area contributed by atoms with E-state index in [-0.39, 0.29) is 38.5 Å². The standard InChI is InChI=1S/C9H15O.Y/c1-4-8(5-2)7-9(10)6-3;/h8H,3-5,7H2,1-2H3;/q-1;. The first-order chi connectivity index (χ1) is 4.74. The Bertz CT molecular complexity index is 117. The van der Waals surface area contributed by atoms with Crippen molar-refractivity contribution in [3.63, 3.8) is 0 Å². The molecule has 0 aromatic carbocycles. The summed E-state index contributed by atoms with van der Waals surface area (Å²) in [5, 5.41) is 0. The van der Waals surface area contributed by atoms with Crippen molar-refractivity contribution in [2.45, 2.75) is 33.1 Å². The Hall–Kier alpha value is 0.514. The van der Waals surface area contributed by atoms with Gasteiger partial charge in [-0.3, -0.25) is 6.58 Å². The van der Waals surface area contributed by atoms with E-state index in [2.05, 4.69) is 26.5 Å². The summed E-state index contributed by atoms with van der Waals surface area (Å²) in [7, 11) is 0. The molecule has 0 saturated carbocycles. The van der Waals surface area contributed by atoms with Crippen LogP contribution in [-0.2, 0) is 37.5 Å². The molecule has 0 aliphatic heterocycles. The molecule has 0 aliphatic rings. The third-order valence-electron chi connectivity index (χ3n) is 1.83. The molecule has 0 bridgehead atoms. The zero-order chi connectivity index (χ0) is 7.98. The van der Waals surface area contributed by atoms with Crippen LogP contribution in [-0.4, -0.2) is 5.78 Å². The van der Waals surface area contributed by atoms with Gasteiger partial charge in [0.25, 0.3) is 0 Å². The van der Waals surface area contributed by atoms with E-state index in [1.165, 1.54) is 0 Å². The SMILES string of the molecule is C=[C-]C(=O)CC(CC)CC.[Y]. The summed E-state index contributed by atoms with van der Waals surface area (Å²) < 4.78 is 0. The molecule has 2 heteroatoms. The Morgan fingerprint density at radius 1 is 1.45 bits per heavy atom. The number of allylic oxidation sites excluding steroid dienone is 1. The fourth-order valence-electron chi connectivity index (χ4n) is 0.912. The first kappa shape index (κ1) is 14.1. The van der Waals surface area contributed by atoms with Gasteiger partial charge < -0.3 is 10.9 Å². The minimum Gasteiger partial charge on any atom is -0.434 e.